The van der Waals surface area contributed by atoms with Crippen LogP contribution in [0.5, 0.6) is 0 Å². The van der Waals surface area contributed by atoms with Crippen molar-refractivity contribution < 1.29 is 9.59 Å². The van der Waals surface area contributed by atoms with E-state index >= 15 is 0 Å². The van der Waals surface area contributed by atoms with E-state index in [0.717, 1.165) is 11.3 Å². The molecule has 0 saturated heterocycles. The Hall–Kier alpha value is -2.35. The molecule has 1 aromatic carbocycles. The third-order valence-electron chi connectivity index (χ3n) is 3.35. The number of hydrogen-bond donors (Lipinski definition) is 1. The molecule has 21 heavy (non-hydrogen) atoms. The first kappa shape index (κ1) is 15.0. The molecule has 2 rings (SSSR count). The minimum absolute atomic E-state index is 0.0434. The van der Waals surface area contributed by atoms with E-state index in [-0.39, 0.29) is 11.8 Å². The van der Waals surface area contributed by atoms with Crippen molar-refractivity contribution in [2.75, 3.05) is 18.4 Å². The third-order valence-corrected chi connectivity index (χ3v) is 3.35. The summed E-state index contributed by atoms with van der Waals surface area (Å²) in [6.07, 6.45) is 0.689. The number of fused-ring (bicyclic) bond motifs is 1. The molecule has 0 bridgehead atoms. The molecule has 0 saturated carbocycles. The summed E-state index contributed by atoms with van der Waals surface area (Å²) in [5.41, 5.74) is 2.19. The van der Waals surface area contributed by atoms with Gasteiger partial charge in [0.2, 0.25) is 5.91 Å². The maximum absolute atomic E-state index is 12.6. The lowest BCUT2D eigenvalue weighted by Gasteiger charge is -2.24. The summed E-state index contributed by atoms with van der Waals surface area (Å²) in [5, 5.41) is 11.5. The van der Waals surface area contributed by atoms with Gasteiger partial charge >= 0.3 is 0 Å². The molecule has 0 aromatic heterocycles. The van der Waals surface area contributed by atoms with Gasteiger partial charge in [0, 0.05) is 24.3 Å². The fourth-order valence-electron chi connectivity index (χ4n) is 2.43. The first-order chi connectivity index (χ1) is 10.0. The second-order valence-electron chi connectivity index (χ2n) is 5.65. The fraction of sp³-hybridized carbons (Fsp3) is 0.438. The van der Waals surface area contributed by atoms with Crippen LogP contribution >= 0.6 is 0 Å². The van der Waals surface area contributed by atoms with Gasteiger partial charge in [-0.05, 0) is 23.6 Å². The summed E-state index contributed by atoms with van der Waals surface area (Å²) in [4.78, 5) is 25.6. The Morgan fingerprint density at radius 3 is 2.90 bits per heavy atom. The van der Waals surface area contributed by atoms with E-state index in [1.165, 1.54) is 0 Å². The molecule has 1 aliphatic rings. The van der Waals surface area contributed by atoms with Crippen LogP contribution in [-0.2, 0) is 11.2 Å². The van der Waals surface area contributed by atoms with Crippen molar-refractivity contribution in [3.63, 3.8) is 0 Å². The van der Waals surface area contributed by atoms with Crippen LogP contribution in [0.25, 0.3) is 0 Å². The van der Waals surface area contributed by atoms with Crippen LogP contribution in [0.3, 0.4) is 0 Å². The Morgan fingerprint density at radius 2 is 2.24 bits per heavy atom. The molecule has 1 aliphatic heterocycles. The maximum atomic E-state index is 12.6. The largest absolute Gasteiger partial charge is 0.337 e. The van der Waals surface area contributed by atoms with Crippen LogP contribution in [0, 0.1) is 17.2 Å². The Morgan fingerprint density at radius 1 is 1.48 bits per heavy atom. The number of benzene rings is 1. The quantitative estimate of drug-likeness (QED) is 0.901. The lowest BCUT2D eigenvalue weighted by molar-refractivity contribution is -0.115. The van der Waals surface area contributed by atoms with E-state index in [2.05, 4.69) is 11.4 Å². The zero-order valence-electron chi connectivity index (χ0n) is 12.3. The monoisotopic (exact) mass is 285 g/mol. The molecule has 1 N–H and O–H groups in total. The topological polar surface area (TPSA) is 73.2 Å². The predicted molar refractivity (Wildman–Crippen MR) is 79.7 cm³/mol. The van der Waals surface area contributed by atoms with Crippen LogP contribution in [0.2, 0.25) is 0 Å². The van der Waals surface area contributed by atoms with Gasteiger partial charge in [-0.2, -0.15) is 5.26 Å². The van der Waals surface area contributed by atoms with Gasteiger partial charge in [0.15, 0.2) is 0 Å². The Labute approximate surface area is 124 Å². The van der Waals surface area contributed by atoms with Crippen LogP contribution < -0.4 is 5.32 Å². The molecule has 5 nitrogen and oxygen atoms in total. The summed E-state index contributed by atoms with van der Waals surface area (Å²) in [7, 11) is 0. The van der Waals surface area contributed by atoms with Crippen LogP contribution in [0.1, 0.15) is 36.2 Å². The van der Waals surface area contributed by atoms with Crippen molar-refractivity contribution in [2.45, 2.75) is 26.7 Å². The van der Waals surface area contributed by atoms with Gasteiger partial charge in [0.05, 0.1) is 18.9 Å². The molecule has 0 atom stereocenters. The Balaban J connectivity index is 2.19. The van der Waals surface area contributed by atoms with Gasteiger partial charge < -0.3 is 10.2 Å². The summed E-state index contributed by atoms with van der Waals surface area (Å²) in [5.74, 6) is 0.197. The number of anilines is 1. The molecule has 0 radical (unpaired) electrons. The number of nitrogens with zero attached hydrogens (tertiary/aromatic N) is 2. The summed E-state index contributed by atoms with van der Waals surface area (Å²) in [6.45, 7) is 5.12. The van der Waals surface area contributed by atoms with Crippen molar-refractivity contribution in [2.24, 2.45) is 5.92 Å². The van der Waals surface area contributed by atoms with Gasteiger partial charge in [-0.15, -0.1) is 0 Å². The van der Waals surface area contributed by atoms with E-state index in [0.29, 0.717) is 37.4 Å². The molecular weight excluding hydrogens is 266 g/mol. The van der Waals surface area contributed by atoms with E-state index in [1.807, 2.05) is 19.9 Å². The number of rotatable bonds is 5. The molecule has 1 heterocycles. The molecule has 0 aliphatic carbocycles. The second kappa shape index (κ2) is 6.40. The first-order valence-electron chi connectivity index (χ1n) is 7.10. The number of hydrogen-bond acceptors (Lipinski definition) is 3. The van der Waals surface area contributed by atoms with Crippen LogP contribution in [-0.4, -0.2) is 29.8 Å². The molecule has 0 fully saturated rings. The standard InChI is InChI=1S/C16H19N3O2/c1-11(2)10-19(7-3-6-17)16(21)13-5-4-12-9-15(20)18-14(12)8-13/h4-5,8,11H,3,7,9-10H2,1-2H3,(H,18,20). The second-order valence-corrected chi connectivity index (χ2v) is 5.65. The van der Waals surface area contributed by atoms with E-state index in [4.69, 9.17) is 5.26 Å². The molecular formula is C16H19N3O2. The first-order valence-corrected chi connectivity index (χ1v) is 7.10. The van der Waals surface area contributed by atoms with Gasteiger partial charge in [-0.25, -0.2) is 0 Å². The van der Waals surface area contributed by atoms with Crippen LogP contribution in [0.4, 0.5) is 5.69 Å². The number of nitrogens with one attached hydrogen (secondary N) is 1. The molecule has 110 valence electrons. The highest BCUT2D eigenvalue weighted by atomic mass is 16.2. The SMILES string of the molecule is CC(C)CN(CCC#N)C(=O)c1ccc2c(c1)NC(=O)C2. The third kappa shape index (κ3) is 3.60. The van der Waals surface area contributed by atoms with E-state index in [1.54, 1.807) is 17.0 Å². The summed E-state index contributed by atoms with van der Waals surface area (Å²) in [6, 6.07) is 7.37. The van der Waals surface area contributed by atoms with Crippen LogP contribution in [0.15, 0.2) is 18.2 Å². The normalized spacial score (nSPS) is 12.8. The average Bonchev–Trinajstić information content (AvgIpc) is 2.81. The van der Waals surface area contributed by atoms with Crippen molar-refractivity contribution in [3.8, 4) is 6.07 Å². The minimum atomic E-state index is -0.0945. The molecule has 0 unspecified atom stereocenters. The smallest absolute Gasteiger partial charge is 0.253 e. The molecule has 1 aromatic rings. The van der Waals surface area contributed by atoms with Crippen molar-refractivity contribution in [3.05, 3.63) is 29.3 Å². The number of carbonyl (C=O) groups is 2. The number of carbonyl (C=O) groups excluding carboxylic acids is 2. The fourth-order valence-corrected chi connectivity index (χ4v) is 2.43. The highest BCUT2D eigenvalue weighted by Crippen LogP contribution is 2.24. The molecule has 2 amide bonds. The van der Waals surface area contributed by atoms with Crippen molar-refractivity contribution in [1.82, 2.24) is 4.90 Å². The minimum Gasteiger partial charge on any atom is -0.337 e. The highest BCUT2D eigenvalue weighted by Gasteiger charge is 2.21. The zero-order chi connectivity index (χ0) is 15.4. The Kier molecular flexibility index (Phi) is 4.59. The van der Waals surface area contributed by atoms with Gasteiger partial charge in [0.1, 0.15) is 0 Å². The predicted octanol–water partition coefficient (Wildman–Crippen LogP) is 2.19. The molecule has 5 heteroatoms. The van der Waals surface area contributed by atoms with Gasteiger partial charge in [-0.1, -0.05) is 19.9 Å². The van der Waals surface area contributed by atoms with Gasteiger partial charge in [-0.3, -0.25) is 9.59 Å². The zero-order valence-corrected chi connectivity index (χ0v) is 12.3. The summed E-state index contributed by atoms with van der Waals surface area (Å²) >= 11 is 0. The lowest BCUT2D eigenvalue weighted by Crippen LogP contribution is -2.35. The lowest BCUT2D eigenvalue weighted by atomic mass is 10.1. The maximum Gasteiger partial charge on any atom is 0.253 e. The molecule has 0 spiro atoms. The number of amides is 2. The van der Waals surface area contributed by atoms with Gasteiger partial charge in [0.25, 0.3) is 5.91 Å². The van der Waals surface area contributed by atoms with Crippen molar-refractivity contribution in [1.29, 1.82) is 5.26 Å². The van der Waals surface area contributed by atoms with Crippen molar-refractivity contribution >= 4 is 17.5 Å². The summed E-state index contributed by atoms with van der Waals surface area (Å²) < 4.78 is 0. The average molecular weight is 285 g/mol. The number of nitriles is 1. The van der Waals surface area contributed by atoms with E-state index in [9.17, 15) is 9.59 Å². The Bertz CT molecular complexity index is 602. The highest BCUT2D eigenvalue weighted by molar-refractivity contribution is 6.02. The van der Waals surface area contributed by atoms with E-state index < -0.39 is 0 Å².